The van der Waals surface area contributed by atoms with Crippen molar-refractivity contribution in [1.82, 2.24) is 14.4 Å². The fourth-order valence-electron chi connectivity index (χ4n) is 2.70. The number of benzene rings is 1. The summed E-state index contributed by atoms with van der Waals surface area (Å²) in [5, 5.41) is 9.07. The number of rotatable bonds is 8. The first-order valence-electron chi connectivity index (χ1n) is 8.53. The van der Waals surface area contributed by atoms with Gasteiger partial charge in [0.25, 0.3) is 0 Å². The number of hydrogen-bond donors (Lipinski definition) is 0. The lowest BCUT2D eigenvalue weighted by Gasteiger charge is -2.26. The summed E-state index contributed by atoms with van der Waals surface area (Å²) in [6, 6.07) is 13.7. The van der Waals surface area contributed by atoms with Crippen LogP contribution in [-0.4, -0.2) is 47.5 Å². The van der Waals surface area contributed by atoms with E-state index in [9.17, 15) is 4.79 Å². The molecule has 1 aromatic carbocycles. The zero-order valence-corrected chi connectivity index (χ0v) is 15.2. The van der Waals surface area contributed by atoms with E-state index >= 15 is 0 Å². The van der Waals surface area contributed by atoms with Gasteiger partial charge in [0.05, 0.1) is 11.6 Å². The maximum absolute atomic E-state index is 12.8. The highest BCUT2D eigenvalue weighted by atomic mass is 16.2. The molecule has 0 aliphatic heterocycles. The number of carbonyl (C=O) groups is 1. The van der Waals surface area contributed by atoms with Gasteiger partial charge in [0.1, 0.15) is 0 Å². The molecule has 0 N–H and O–H groups in total. The number of likely N-dealkylation sites (N-methyl/N-ethyl adjacent to an activating group) is 1. The molecule has 0 fully saturated rings. The van der Waals surface area contributed by atoms with Crippen LogP contribution in [0.2, 0.25) is 0 Å². The van der Waals surface area contributed by atoms with Crippen molar-refractivity contribution in [2.75, 3.05) is 27.2 Å². The predicted molar refractivity (Wildman–Crippen MR) is 98.9 cm³/mol. The van der Waals surface area contributed by atoms with Crippen LogP contribution in [0.5, 0.6) is 0 Å². The Hall–Kier alpha value is -2.58. The van der Waals surface area contributed by atoms with E-state index in [1.54, 1.807) is 6.07 Å². The third-order valence-electron chi connectivity index (χ3n) is 4.21. The number of hydrogen-bond acceptors (Lipinski definition) is 3. The van der Waals surface area contributed by atoms with Crippen molar-refractivity contribution in [1.29, 1.82) is 5.26 Å². The highest BCUT2D eigenvalue weighted by Crippen LogP contribution is 2.15. The lowest BCUT2D eigenvalue weighted by atomic mass is 10.1. The van der Waals surface area contributed by atoms with Crippen LogP contribution in [0.1, 0.15) is 30.5 Å². The smallest absolute Gasteiger partial charge is 0.224 e. The highest BCUT2D eigenvalue weighted by molar-refractivity contribution is 5.76. The van der Waals surface area contributed by atoms with Gasteiger partial charge in [-0.15, -0.1) is 0 Å². The van der Waals surface area contributed by atoms with E-state index in [0.717, 1.165) is 12.1 Å². The van der Waals surface area contributed by atoms with Gasteiger partial charge in [-0.1, -0.05) is 12.1 Å². The third kappa shape index (κ3) is 5.77. The van der Waals surface area contributed by atoms with Crippen molar-refractivity contribution in [3.63, 3.8) is 0 Å². The second-order valence-electron chi connectivity index (χ2n) is 6.61. The topological polar surface area (TPSA) is 52.3 Å². The quantitative estimate of drug-likeness (QED) is 0.744. The Morgan fingerprint density at radius 3 is 2.56 bits per heavy atom. The van der Waals surface area contributed by atoms with E-state index < -0.39 is 0 Å². The monoisotopic (exact) mass is 338 g/mol. The number of carbonyl (C=O) groups excluding carboxylic acids is 1. The molecule has 25 heavy (non-hydrogen) atoms. The molecule has 0 aliphatic carbocycles. The molecule has 2 aromatic rings. The Kier molecular flexibility index (Phi) is 6.79. The normalized spacial score (nSPS) is 12.0. The molecule has 132 valence electrons. The van der Waals surface area contributed by atoms with Crippen molar-refractivity contribution in [3.8, 4) is 6.07 Å². The van der Waals surface area contributed by atoms with Crippen LogP contribution >= 0.6 is 0 Å². The van der Waals surface area contributed by atoms with Crippen molar-refractivity contribution >= 4 is 5.91 Å². The lowest BCUT2D eigenvalue weighted by molar-refractivity contribution is -0.132. The van der Waals surface area contributed by atoms with Crippen molar-refractivity contribution in [2.24, 2.45) is 0 Å². The minimum absolute atomic E-state index is 0.120. The van der Waals surface area contributed by atoms with Crippen molar-refractivity contribution in [2.45, 2.75) is 25.9 Å². The Morgan fingerprint density at radius 1 is 1.20 bits per heavy atom. The number of aromatic nitrogens is 1. The largest absolute Gasteiger partial charge is 0.351 e. The van der Waals surface area contributed by atoms with Gasteiger partial charge >= 0.3 is 0 Å². The van der Waals surface area contributed by atoms with Crippen molar-refractivity contribution in [3.05, 3.63) is 59.9 Å². The fourth-order valence-corrected chi connectivity index (χ4v) is 2.70. The fraction of sp³-hybridized carbons (Fsp3) is 0.400. The molecule has 2 rings (SSSR count). The van der Waals surface area contributed by atoms with Gasteiger partial charge in [-0.25, -0.2) is 0 Å². The van der Waals surface area contributed by atoms with Crippen LogP contribution in [0.15, 0.2) is 48.8 Å². The molecular formula is C20H26N4O. The van der Waals surface area contributed by atoms with Crippen LogP contribution in [0, 0.1) is 11.3 Å². The van der Waals surface area contributed by atoms with E-state index in [2.05, 4.69) is 22.5 Å². The zero-order chi connectivity index (χ0) is 18.2. The standard InChI is InChI=1S/C20H26N4O/c1-17(23-9-4-5-10-23)13-20(25)24(12-11-22(2)3)16-19-8-6-7-18(14-19)15-21/h4-10,14,17H,11-13,16H2,1-3H3. The second kappa shape index (κ2) is 9.05. The summed E-state index contributed by atoms with van der Waals surface area (Å²) in [5.74, 6) is 0.130. The van der Waals surface area contributed by atoms with E-state index in [0.29, 0.717) is 25.1 Å². The summed E-state index contributed by atoms with van der Waals surface area (Å²) in [6.07, 6.45) is 4.43. The van der Waals surface area contributed by atoms with E-state index in [1.807, 2.05) is 61.7 Å². The zero-order valence-electron chi connectivity index (χ0n) is 15.2. The minimum Gasteiger partial charge on any atom is -0.351 e. The SMILES string of the molecule is CC(CC(=O)N(CCN(C)C)Cc1cccc(C#N)c1)n1cccc1. The van der Waals surface area contributed by atoms with E-state index in [4.69, 9.17) is 5.26 Å². The van der Waals surface area contributed by atoms with Gasteiger partial charge in [0, 0.05) is 44.5 Å². The summed E-state index contributed by atoms with van der Waals surface area (Å²) >= 11 is 0. The minimum atomic E-state index is 0.120. The first-order chi connectivity index (χ1) is 12.0. The summed E-state index contributed by atoms with van der Waals surface area (Å²) in [4.78, 5) is 16.8. The maximum atomic E-state index is 12.8. The Bertz CT molecular complexity index is 716. The van der Waals surface area contributed by atoms with E-state index in [-0.39, 0.29) is 11.9 Å². The molecule has 5 heteroatoms. The summed E-state index contributed by atoms with van der Waals surface area (Å²) < 4.78 is 2.05. The average Bonchev–Trinajstić information content (AvgIpc) is 3.13. The highest BCUT2D eigenvalue weighted by Gasteiger charge is 2.18. The first kappa shape index (κ1) is 18.8. The maximum Gasteiger partial charge on any atom is 0.224 e. The van der Waals surface area contributed by atoms with Gasteiger partial charge in [-0.05, 0) is 50.8 Å². The Balaban J connectivity index is 2.08. The first-order valence-corrected chi connectivity index (χ1v) is 8.53. The number of nitrogens with zero attached hydrogens (tertiary/aromatic N) is 4. The molecule has 1 amide bonds. The van der Waals surface area contributed by atoms with Crippen LogP contribution in [0.25, 0.3) is 0 Å². The number of nitriles is 1. The molecule has 0 aliphatic rings. The van der Waals surface area contributed by atoms with Gasteiger partial charge in [-0.2, -0.15) is 5.26 Å². The average molecular weight is 338 g/mol. The summed E-state index contributed by atoms with van der Waals surface area (Å²) in [6.45, 7) is 4.06. The van der Waals surface area contributed by atoms with Gasteiger partial charge in [0.2, 0.25) is 5.91 Å². The summed E-state index contributed by atoms with van der Waals surface area (Å²) in [5.41, 5.74) is 1.61. The molecule has 0 radical (unpaired) electrons. The molecule has 0 bridgehead atoms. The molecule has 1 atom stereocenters. The van der Waals surface area contributed by atoms with Crippen LogP contribution in [0.3, 0.4) is 0 Å². The molecule has 0 spiro atoms. The molecule has 1 heterocycles. The van der Waals surface area contributed by atoms with Gasteiger partial charge < -0.3 is 14.4 Å². The van der Waals surface area contributed by atoms with Crippen LogP contribution in [0.4, 0.5) is 0 Å². The molecule has 1 aromatic heterocycles. The lowest BCUT2D eigenvalue weighted by Crippen LogP contribution is -2.37. The molecule has 1 unspecified atom stereocenters. The summed E-state index contributed by atoms with van der Waals surface area (Å²) in [7, 11) is 4.00. The molecule has 0 saturated heterocycles. The molecule has 0 saturated carbocycles. The van der Waals surface area contributed by atoms with Crippen LogP contribution < -0.4 is 0 Å². The predicted octanol–water partition coefficient (Wildman–Crippen LogP) is 2.90. The number of amides is 1. The van der Waals surface area contributed by atoms with E-state index in [1.165, 1.54) is 0 Å². The third-order valence-corrected chi connectivity index (χ3v) is 4.21. The Labute approximate surface area is 150 Å². The molecular weight excluding hydrogens is 312 g/mol. The van der Waals surface area contributed by atoms with Crippen molar-refractivity contribution < 1.29 is 4.79 Å². The molecule has 5 nitrogen and oxygen atoms in total. The second-order valence-corrected chi connectivity index (χ2v) is 6.61. The Morgan fingerprint density at radius 2 is 1.92 bits per heavy atom. The van der Waals surface area contributed by atoms with Gasteiger partial charge in [0.15, 0.2) is 0 Å². The van der Waals surface area contributed by atoms with Gasteiger partial charge in [-0.3, -0.25) is 4.79 Å². The van der Waals surface area contributed by atoms with Crippen LogP contribution in [-0.2, 0) is 11.3 Å².